The lowest BCUT2D eigenvalue weighted by atomic mass is 9.83. The van der Waals surface area contributed by atoms with Crippen molar-refractivity contribution in [2.45, 2.75) is 19.3 Å². The zero-order valence-electron chi connectivity index (χ0n) is 11.4. The number of carbonyl (C=O) groups is 1. The van der Waals surface area contributed by atoms with Crippen LogP contribution in [0.25, 0.3) is 0 Å². The van der Waals surface area contributed by atoms with Crippen LogP contribution in [0.5, 0.6) is 0 Å². The van der Waals surface area contributed by atoms with Gasteiger partial charge < -0.3 is 0 Å². The molecule has 3 rings (SSSR count). The Morgan fingerprint density at radius 2 is 2.37 bits per heavy atom. The van der Waals surface area contributed by atoms with Crippen LogP contribution in [-0.4, -0.2) is 30.4 Å². The van der Waals surface area contributed by atoms with Gasteiger partial charge in [0.15, 0.2) is 5.78 Å². The van der Waals surface area contributed by atoms with Gasteiger partial charge in [-0.25, -0.2) is 5.01 Å². The smallest absolute Gasteiger partial charge is 0.185 e. The number of nitrogens with zero attached hydrogens (tertiary/aromatic N) is 1. The van der Waals surface area contributed by atoms with Gasteiger partial charge in [-0.05, 0) is 36.5 Å². The molecule has 3 unspecified atom stereocenters. The third kappa shape index (κ3) is 2.24. The fraction of sp³-hybridized carbons (Fsp3) is 0.438. The van der Waals surface area contributed by atoms with Crippen LogP contribution < -0.4 is 5.43 Å². The number of carbonyl (C=O) groups excluding carboxylic acids is 1. The quantitative estimate of drug-likeness (QED) is 0.665. The predicted octanol–water partition coefficient (Wildman–Crippen LogP) is 2.29. The average Bonchev–Trinajstić information content (AvgIpc) is 2.79. The van der Waals surface area contributed by atoms with E-state index < -0.39 is 0 Å². The van der Waals surface area contributed by atoms with Crippen molar-refractivity contribution >= 4 is 5.78 Å². The van der Waals surface area contributed by atoms with E-state index in [1.54, 1.807) is 0 Å². The van der Waals surface area contributed by atoms with Gasteiger partial charge in [-0.2, -0.15) is 0 Å². The predicted molar refractivity (Wildman–Crippen MR) is 76.1 cm³/mol. The first-order valence-electron chi connectivity index (χ1n) is 6.95. The Balaban J connectivity index is 1.87. The Kier molecular flexibility index (Phi) is 3.25. The maximum Gasteiger partial charge on any atom is 0.185 e. The number of hydrazine groups is 1. The lowest BCUT2D eigenvalue weighted by Crippen LogP contribution is -2.44. The molecule has 2 heterocycles. The van der Waals surface area contributed by atoms with Gasteiger partial charge in [0.1, 0.15) is 0 Å². The molecular formula is C16H20N2O. The monoisotopic (exact) mass is 256 g/mol. The van der Waals surface area contributed by atoms with Crippen LogP contribution in [-0.2, 0) is 0 Å². The minimum absolute atomic E-state index is 0.0119. The number of nitrogens with one attached hydrogen (secondary N) is 1. The van der Waals surface area contributed by atoms with E-state index in [0.717, 1.165) is 36.7 Å². The van der Waals surface area contributed by atoms with Crippen molar-refractivity contribution in [1.29, 1.82) is 0 Å². The van der Waals surface area contributed by atoms with Crippen LogP contribution in [0.15, 0.2) is 30.9 Å². The molecule has 0 amide bonds. The normalized spacial score (nSPS) is 29.2. The maximum atomic E-state index is 11.7. The fourth-order valence-electron chi connectivity index (χ4n) is 3.35. The molecule has 0 radical (unpaired) electrons. The molecule has 0 aromatic heterocycles. The molecule has 1 aromatic rings. The first-order valence-corrected chi connectivity index (χ1v) is 6.95. The van der Waals surface area contributed by atoms with E-state index >= 15 is 0 Å². The molecular weight excluding hydrogens is 236 g/mol. The summed E-state index contributed by atoms with van der Waals surface area (Å²) in [5.41, 5.74) is 6.67. The molecule has 3 atom stereocenters. The summed E-state index contributed by atoms with van der Waals surface area (Å²) in [6.07, 6.45) is 2.66. The van der Waals surface area contributed by atoms with Crippen molar-refractivity contribution < 1.29 is 4.79 Å². The molecule has 1 N–H and O–H groups in total. The topological polar surface area (TPSA) is 32.3 Å². The summed E-state index contributed by atoms with van der Waals surface area (Å²) in [5, 5.41) is 2.32. The van der Waals surface area contributed by atoms with Crippen molar-refractivity contribution in [2.24, 2.45) is 5.92 Å². The molecule has 2 aliphatic rings. The molecule has 100 valence electrons. The molecule has 1 aromatic carbocycles. The Labute approximate surface area is 114 Å². The number of ketones is 1. The number of allylic oxidation sites excluding steroid dienone is 1. The fourth-order valence-corrected chi connectivity index (χ4v) is 3.35. The molecule has 19 heavy (non-hydrogen) atoms. The summed E-state index contributed by atoms with van der Waals surface area (Å²) >= 11 is 0. The highest BCUT2D eigenvalue weighted by atomic mass is 16.1. The van der Waals surface area contributed by atoms with Crippen LogP contribution in [0.2, 0.25) is 0 Å². The number of hydrogen-bond acceptors (Lipinski definition) is 3. The van der Waals surface area contributed by atoms with E-state index in [0.29, 0.717) is 5.92 Å². The first-order chi connectivity index (χ1) is 9.19. The second kappa shape index (κ2) is 4.91. The zero-order valence-corrected chi connectivity index (χ0v) is 11.4. The molecule has 2 aliphatic heterocycles. The standard InChI is InChI=1S/C16H20N2O/c1-3-16(19)14-5-4-12(8-11(14)2)15-9-17-18-7-6-13(15)10-18/h3-5,8,13,15,17H,1,6-7,9-10H2,2H3. The Hall–Kier alpha value is -1.45. The molecule has 0 saturated carbocycles. The average molecular weight is 256 g/mol. The van der Waals surface area contributed by atoms with Gasteiger partial charge in [-0.15, -0.1) is 0 Å². The molecule has 0 spiro atoms. The summed E-state index contributed by atoms with van der Waals surface area (Å²) < 4.78 is 0. The largest absolute Gasteiger partial charge is 0.289 e. The molecule has 2 fully saturated rings. The van der Waals surface area contributed by atoms with E-state index in [1.807, 2.05) is 13.0 Å². The number of aryl methyl sites for hydroxylation is 1. The van der Waals surface area contributed by atoms with Gasteiger partial charge in [0.25, 0.3) is 0 Å². The molecule has 2 bridgehead atoms. The van der Waals surface area contributed by atoms with Crippen LogP contribution in [0.3, 0.4) is 0 Å². The van der Waals surface area contributed by atoms with Gasteiger partial charge in [0, 0.05) is 31.1 Å². The van der Waals surface area contributed by atoms with E-state index in [4.69, 9.17) is 0 Å². The second-order valence-electron chi connectivity index (χ2n) is 5.61. The lowest BCUT2D eigenvalue weighted by Gasteiger charge is -2.31. The van der Waals surface area contributed by atoms with Gasteiger partial charge in [-0.1, -0.05) is 24.8 Å². The third-order valence-corrected chi connectivity index (χ3v) is 4.46. The summed E-state index contributed by atoms with van der Waals surface area (Å²) in [4.78, 5) is 11.7. The molecule has 0 aliphatic carbocycles. The summed E-state index contributed by atoms with van der Waals surface area (Å²) in [6, 6.07) is 6.25. The Morgan fingerprint density at radius 3 is 3.11 bits per heavy atom. The van der Waals surface area contributed by atoms with Crippen LogP contribution >= 0.6 is 0 Å². The van der Waals surface area contributed by atoms with Crippen LogP contribution in [0.4, 0.5) is 0 Å². The van der Waals surface area contributed by atoms with E-state index in [-0.39, 0.29) is 5.78 Å². The third-order valence-electron chi connectivity index (χ3n) is 4.46. The second-order valence-corrected chi connectivity index (χ2v) is 5.61. The summed E-state index contributed by atoms with van der Waals surface area (Å²) in [6.45, 7) is 8.89. The zero-order chi connectivity index (χ0) is 13.4. The lowest BCUT2D eigenvalue weighted by molar-refractivity contribution is 0.104. The van der Waals surface area contributed by atoms with Crippen molar-refractivity contribution in [3.8, 4) is 0 Å². The van der Waals surface area contributed by atoms with Gasteiger partial charge in [0.2, 0.25) is 0 Å². The molecule has 3 heteroatoms. The van der Waals surface area contributed by atoms with E-state index in [1.165, 1.54) is 18.1 Å². The maximum absolute atomic E-state index is 11.7. The number of rotatable bonds is 3. The van der Waals surface area contributed by atoms with Crippen molar-refractivity contribution in [2.75, 3.05) is 19.6 Å². The van der Waals surface area contributed by atoms with E-state index in [9.17, 15) is 4.79 Å². The highest BCUT2D eigenvalue weighted by Crippen LogP contribution is 2.35. The minimum Gasteiger partial charge on any atom is -0.289 e. The SMILES string of the molecule is C=CC(=O)c1ccc(C2CNN3CCC2C3)cc1C. The highest BCUT2D eigenvalue weighted by molar-refractivity contribution is 6.05. The van der Waals surface area contributed by atoms with Gasteiger partial charge in [-0.3, -0.25) is 10.2 Å². The Morgan fingerprint density at radius 1 is 1.53 bits per heavy atom. The summed E-state index contributed by atoms with van der Waals surface area (Å²) in [7, 11) is 0. The molecule has 3 nitrogen and oxygen atoms in total. The number of hydrogen-bond donors (Lipinski definition) is 1. The molecule has 2 saturated heterocycles. The van der Waals surface area contributed by atoms with Gasteiger partial charge in [0.05, 0.1) is 0 Å². The highest BCUT2D eigenvalue weighted by Gasteiger charge is 2.35. The van der Waals surface area contributed by atoms with Crippen molar-refractivity contribution in [1.82, 2.24) is 10.4 Å². The summed E-state index contributed by atoms with van der Waals surface area (Å²) in [5.74, 6) is 1.34. The Bertz CT molecular complexity index is 523. The van der Waals surface area contributed by atoms with Crippen molar-refractivity contribution in [3.63, 3.8) is 0 Å². The van der Waals surface area contributed by atoms with Crippen LogP contribution in [0.1, 0.15) is 33.8 Å². The number of fused-ring (bicyclic) bond motifs is 2. The van der Waals surface area contributed by atoms with Crippen molar-refractivity contribution in [3.05, 3.63) is 47.5 Å². The minimum atomic E-state index is 0.0119. The van der Waals surface area contributed by atoms with Crippen LogP contribution in [0, 0.1) is 12.8 Å². The number of benzene rings is 1. The first kappa shape index (κ1) is 12.6. The van der Waals surface area contributed by atoms with Gasteiger partial charge >= 0.3 is 0 Å². The van der Waals surface area contributed by atoms with E-state index in [2.05, 4.69) is 29.1 Å².